The van der Waals surface area contributed by atoms with Crippen molar-refractivity contribution in [3.05, 3.63) is 0 Å². The van der Waals surface area contributed by atoms with E-state index in [4.69, 9.17) is 10.4 Å². The zero-order valence-electron chi connectivity index (χ0n) is 7.25. The van der Waals surface area contributed by atoms with Gasteiger partial charge in [-0.3, -0.25) is 0 Å². The number of aliphatic hydroxyl groups excluding tert-OH is 1. The molecule has 1 N–H and O–H groups in total. The van der Waals surface area contributed by atoms with Gasteiger partial charge in [0.1, 0.15) is 0 Å². The lowest BCUT2D eigenvalue weighted by Crippen LogP contribution is -2.32. The average Bonchev–Trinajstić information content (AvgIpc) is 2.05. The Morgan fingerprint density at radius 3 is 2.27 bits per heavy atom. The van der Waals surface area contributed by atoms with Crippen LogP contribution in [0.1, 0.15) is 26.7 Å². The molecule has 0 rings (SSSR count). The van der Waals surface area contributed by atoms with Gasteiger partial charge in [0.15, 0.2) is 6.19 Å². The Labute approximate surface area is 68.2 Å². The zero-order valence-corrected chi connectivity index (χ0v) is 7.25. The van der Waals surface area contributed by atoms with E-state index in [-0.39, 0.29) is 6.61 Å². The summed E-state index contributed by atoms with van der Waals surface area (Å²) in [7, 11) is 0. The first-order chi connectivity index (χ1) is 5.29. The third-order valence-electron chi connectivity index (χ3n) is 1.85. The van der Waals surface area contributed by atoms with Crippen molar-refractivity contribution in [2.45, 2.75) is 32.7 Å². The third-order valence-corrected chi connectivity index (χ3v) is 1.85. The molecule has 0 unspecified atom stereocenters. The Morgan fingerprint density at radius 2 is 2.00 bits per heavy atom. The third kappa shape index (κ3) is 3.24. The van der Waals surface area contributed by atoms with Gasteiger partial charge in [-0.1, -0.05) is 13.8 Å². The van der Waals surface area contributed by atoms with E-state index < -0.39 is 0 Å². The van der Waals surface area contributed by atoms with Crippen LogP contribution in [0.2, 0.25) is 0 Å². The number of aliphatic hydroxyl groups is 1. The molecule has 3 nitrogen and oxygen atoms in total. The fraction of sp³-hybridized carbons (Fsp3) is 0.875. The van der Waals surface area contributed by atoms with Crippen LogP contribution in [0.5, 0.6) is 0 Å². The van der Waals surface area contributed by atoms with Gasteiger partial charge in [0.2, 0.25) is 0 Å². The molecule has 0 aliphatic heterocycles. The van der Waals surface area contributed by atoms with Gasteiger partial charge < -0.3 is 10.0 Å². The minimum atomic E-state index is 0.0596. The molecule has 0 aliphatic rings. The molecule has 0 radical (unpaired) electrons. The smallest absolute Gasteiger partial charge is 0.179 e. The van der Waals surface area contributed by atoms with E-state index in [9.17, 15) is 0 Å². The maximum atomic E-state index is 8.65. The number of nitrogens with zero attached hydrogens (tertiary/aromatic N) is 2. The molecule has 0 saturated heterocycles. The molecule has 64 valence electrons. The summed E-state index contributed by atoms with van der Waals surface area (Å²) in [6.45, 7) is 4.62. The maximum Gasteiger partial charge on any atom is 0.179 e. The van der Waals surface area contributed by atoms with Crippen molar-refractivity contribution in [3.63, 3.8) is 0 Å². The van der Waals surface area contributed by atoms with Gasteiger partial charge in [0, 0.05) is 6.04 Å². The Morgan fingerprint density at radius 1 is 1.45 bits per heavy atom. The van der Waals surface area contributed by atoms with Crippen LogP contribution in [0.3, 0.4) is 0 Å². The van der Waals surface area contributed by atoms with E-state index in [1.807, 2.05) is 0 Å². The van der Waals surface area contributed by atoms with Crippen molar-refractivity contribution < 1.29 is 5.11 Å². The van der Waals surface area contributed by atoms with Gasteiger partial charge in [-0.05, 0) is 12.8 Å². The van der Waals surface area contributed by atoms with Crippen molar-refractivity contribution in [1.82, 2.24) is 4.90 Å². The van der Waals surface area contributed by atoms with Gasteiger partial charge in [-0.15, -0.1) is 0 Å². The maximum absolute atomic E-state index is 8.65. The molecule has 0 heterocycles. The van der Waals surface area contributed by atoms with Crippen LogP contribution in [0, 0.1) is 11.5 Å². The number of hydrogen-bond donors (Lipinski definition) is 1. The molecule has 0 atom stereocenters. The van der Waals surface area contributed by atoms with Gasteiger partial charge in [0.25, 0.3) is 0 Å². The Kier molecular flexibility index (Phi) is 5.58. The largest absolute Gasteiger partial charge is 0.395 e. The lowest BCUT2D eigenvalue weighted by molar-refractivity contribution is 0.201. The molecule has 0 amide bonds. The zero-order chi connectivity index (χ0) is 8.69. The van der Waals surface area contributed by atoms with Gasteiger partial charge in [-0.25, -0.2) is 0 Å². The molecular formula is C8H16N2O. The molecule has 0 aromatic carbocycles. The standard InChI is InChI=1S/C8H16N2O/c1-3-8(4-2)10(7-9)5-6-11/h8,11H,3-6H2,1-2H3. The molecule has 3 heteroatoms. The minimum absolute atomic E-state index is 0.0596. The van der Waals surface area contributed by atoms with E-state index in [1.165, 1.54) is 0 Å². The van der Waals surface area contributed by atoms with Crippen LogP contribution in [-0.4, -0.2) is 29.2 Å². The summed E-state index contributed by atoms with van der Waals surface area (Å²) in [6, 6.07) is 0.298. The lowest BCUT2D eigenvalue weighted by Gasteiger charge is -2.23. The molecule has 0 aromatic heterocycles. The predicted octanol–water partition coefficient (Wildman–Crippen LogP) is 0.950. The molecule has 0 aromatic rings. The van der Waals surface area contributed by atoms with E-state index >= 15 is 0 Å². The molecule has 0 aliphatic carbocycles. The lowest BCUT2D eigenvalue weighted by atomic mass is 10.1. The summed E-state index contributed by atoms with van der Waals surface area (Å²) >= 11 is 0. The highest BCUT2D eigenvalue weighted by molar-refractivity contribution is 4.80. The van der Waals surface area contributed by atoms with Crippen LogP contribution in [0.25, 0.3) is 0 Å². The Hall–Kier alpha value is -0.750. The number of nitriles is 1. The second-order valence-electron chi connectivity index (χ2n) is 2.49. The van der Waals surface area contributed by atoms with Gasteiger partial charge in [-0.2, -0.15) is 5.26 Å². The highest BCUT2D eigenvalue weighted by Gasteiger charge is 2.11. The SMILES string of the molecule is CCC(CC)N(C#N)CCO. The molecule has 0 bridgehead atoms. The van der Waals surface area contributed by atoms with E-state index in [2.05, 4.69) is 20.0 Å². The summed E-state index contributed by atoms with van der Waals surface area (Å²) in [5.41, 5.74) is 0. The van der Waals surface area contributed by atoms with Crippen LogP contribution in [0.4, 0.5) is 0 Å². The molecule has 0 fully saturated rings. The van der Waals surface area contributed by atoms with E-state index in [1.54, 1.807) is 4.90 Å². The number of rotatable bonds is 5. The molecule has 11 heavy (non-hydrogen) atoms. The second-order valence-corrected chi connectivity index (χ2v) is 2.49. The first kappa shape index (κ1) is 10.2. The monoisotopic (exact) mass is 156 g/mol. The first-order valence-electron chi connectivity index (χ1n) is 4.07. The van der Waals surface area contributed by atoms with Crippen molar-refractivity contribution in [3.8, 4) is 6.19 Å². The Balaban J connectivity index is 3.89. The summed E-state index contributed by atoms with van der Waals surface area (Å²) in [5.74, 6) is 0. The van der Waals surface area contributed by atoms with E-state index in [0.717, 1.165) is 12.8 Å². The van der Waals surface area contributed by atoms with Crippen molar-refractivity contribution in [1.29, 1.82) is 5.26 Å². The highest BCUT2D eigenvalue weighted by atomic mass is 16.3. The first-order valence-corrected chi connectivity index (χ1v) is 4.07. The van der Waals surface area contributed by atoms with Crippen molar-refractivity contribution in [2.75, 3.05) is 13.2 Å². The van der Waals surface area contributed by atoms with Crippen molar-refractivity contribution >= 4 is 0 Å². The van der Waals surface area contributed by atoms with Crippen LogP contribution < -0.4 is 0 Å². The van der Waals surface area contributed by atoms with Gasteiger partial charge >= 0.3 is 0 Å². The highest BCUT2D eigenvalue weighted by Crippen LogP contribution is 2.05. The fourth-order valence-electron chi connectivity index (χ4n) is 1.15. The van der Waals surface area contributed by atoms with Crippen LogP contribution >= 0.6 is 0 Å². The summed E-state index contributed by atoms with van der Waals surface area (Å²) < 4.78 is 0. The predicted molar refractivity (Wildman–Crippen MR) is 43.8 cm³/mol. The Bertz CT molecular complexity index is 127. The summed E-state index contributed by atoms with van der Waals surface area (Å²) in [6.07, 6.45) is 4.00. The molecule has 0 spiro atoms. The number of hydrogen-bond acceptors (Lipinski definition) is 3. The fourth-order valence-corrected chi connectivity index (χ4v) is 1.15. The average molecular weight is 156 g/mol. The van der Waals surface area contributed by atoms with Crippen LogP contribution in [0.15, 0.2) is 0 Å². The minimum Gasteiger partial charge on any atom is -0.395 e. The van der Waals surface area contributed by atoms with E-state index in [0.29, 0.717) is 12.6 Å². The molecule has 0 saturated carbocycles. The normalized spacial score (nSPS) is 9.73. The topological polar surface area (TPSA) is 47.3 Å². The van der Waals surface area contributed by atoms with Gasteiger partial charge in [0.05, 0.1) is 13.2 Å². The summed E-state index contributed by atoms with van der Waals surface area (Å²) in [4.78, 5) is 1.64. The summed E-state index contributed by atoms with van der Waals surface area (Å²) in [5, 5.41) is 17.3. The van der Waals surface area contributed by atoms with Crippen LogP contribution in [-0.2, 0) is 0 Å². The quantitative estimate of drug-likeness (QED) is 0.476. The van der Waals surface area contributed by atoms with Crippen molar-refractivity contribution in [2.24, 2.45) is 0 Å². The second kappa shape index (κ2) is 5.99. The molecular weight excluding hydrogens is 140 g/mol.